The molecule has 0 aliphatic carbocycles. The molecule has 0 unspecified atom stereocenters. The largest absolute Gasteiger partial charge is 0.493 e. The van der Waals surface area contributed by atoms with E-state index < -0.39 is 11.7 Å². The molecular formula is C25H33N3O5. The van der Waals surface area contributed by atoms with Crippen molar-refractivity contribution in [3.8, 4) is 5.75 Å². The second kappa shape index (κ2) is 12.5. The van der Waals surface area contributed by atoms with Crippen molar-refractivity contribution in [2.75, 3.05) is 18.5 Å². The number of ether oxygens (including phenoxy) is 2. The number of nitrogens with one attached hydrogen (secondary N) is 3. The molecule has 0 saturated heterocycles. The Balaban J connectivity index is 1.69. The molecule has 8 nitrogen and oxygen atoms in total. The van der Waals surface area contributed by atoms with Crippen molar-refractivity contribution in [3.05, 3.63) is 59.7 Å². The molecule has 0 atom stereocenters. The van der Waals surface area contributed by atoms with Crippen LogP contribution in [0, 0.1) is 6.92 Å². The third kappa shape index (κ3) is 10.5. The van der Waals surface area contributed by atoms with Gasteiger partial charge >= 0.3 is 6.09 Å². The van der Waals surface area contributed by atoms with Crippen LogP contribution in [0.15, 0.2) is 48.5 Å². The maximum Gasteiger partial charge on any atom is 0.408 e. The summed E-state index contributed by atoms with van der Waals surface area (Å²) in [6.07, 6.45) is 0.318. The molecule has 3 N–H and O–H groups in total. The predicted molar refractivity (Wildman–Crippen MR) is 127 cm³/mol. The lowest BCUT2D eigenvalue weighted by Gasteiger charge is -2.19. The molecule has 0 aromatic heterocycles. The number of para-hydroxylation sites is 1. The predicted octanol–water partition coefficient (Wildman–Crippen LogP) is 3.93. The SMILES string of the molecule is Cc1ccccc1OCCCC(=O)NCc1cccc(NC(=O)CNC(=O)OC(C)(C)C)c1. The summed E-state index contributed by atoms with van der Waals surface area (Å²) in [7, 11) is 0. The molecule has 0 aliphatic heterocycles. The molecular weight excluding hydrogens is 422 g/mol. The van der Waals surface area contributed by atoms with Crippen LogP contribution in [0.3, 0.4) is 0 Å². The normalized spacial score (nSPS) is 10.8. The zero-order valence-electron chi connectivity index (χ0n) is 19.7. The minimum atomic E-state index is -0.654. The van der Waals surface area contributed by atoms with Gasteiger partial charge in [0.2, 0.25) is 11.8 Å². The highest BCUT2D eigenvalue weighted by Crippen LogP contribution is 2.16. The molecule has 0 radical (unpaired) electrons. The van der Waals surface area contributed by atoms with Gasteiger partial charge in [-0.15, -0.1) is 0 Å². The summed E-state index contributed by atoms with van der Waals surface area (Å²) in [6.45, 7) is 7.83. The van der Waals surface area contributed by atoms with E-state index in [0.717, 1.165) is 16.9 Å². The zero-order chi connectivity index (χ0) is 24.3. The van der Waals surface area contributed by atoms with Crippen molar-refractivity contribution in [2.45, 2.75) is 52.7 Å². The Morgan fingerprint density at radius 3 is 2.42 bits per heavy atom. The van der Waals surface area contributed by atoms with Gasteiger partial charge in [0.05, 0.1) is 6.61 Å². The van der Waals surface area contributed by atoms with Gasteiger partial charge in [0, 0.05) is 18.7 Å². The van der Waals surface area contributed by atoms with Crippen LogP contribution in [0.25, 0.3) is 0 Å². The zero-order valence-corrected chi connectivity index (χ0v) is 19.7. The van der Waals surface area contributed by atoms with Crippen LogP contribution < -0.4 is 20.7 Å². The van der Waals surface area contributed by atoms with E-state index in [9.17, 15) is 14.4 Å². The van der Waals surface area contributed by atoms with E-state index in [1.165, 1.54) is 0 Å². The van der Waals surface area contributed by atoms with Crippen molar-refractivity contribution in [3.63, 3.8) is 0 Å². The summed E-state index contributed by atoms with van der Waals surface area (Å²) in [5, 5.41) is 7.99. The summed E-state index contributed by atoms with van der Waals surface area (Å²) >= 11 is 0. The molecule has 0 spiro atoms. The first kappa shape index (κ1) is 25.7. The third-order valence-electron chi connectivity index (χ3n) is 4.39. The highest BCUT2D eigenvalue weighted by atomic mass is 16.6. The first-order chi connectivity index (χ1) is 15.6. The second-order valence-electron chi connectivity index (χ2n) is 8.60. The average molecular weight is 456 g/mol. The van der Waals surface area contributed by atoms with Gasteiger partial charge in [-0.25, -0.2) is 4.79 Å². The van der Waals surface area contributed by atoms with Gasteiger partial charge in [-0.3, -0.25) is 9.59 Å². The van der Waals surface area contributed by atoms with E-state index in [1.54, 1.807) is 39.0 Å². The standard InChI is InChI=1S/C25H33N3O5/c1-18-9-5-6-12-21(18)32-14-8-13-22(29)26-16-19-10-7-11-20(15-19)28-23(30)17-27-24(31)33-25(2,3)4/h5-7,9-12,15H,8,13-14,16-17H2,1-4H3,(H,26,29)(H,27,31)(H,28,30). The molecule has 0 aliphatic rings. The van der Waals surface area contributed by atoms with E-state index >= 15 is 0 Å². The van der Waals surface area contributed by atoms with Gasteiger partial charge in [-0.05, 0) is 63.4 Å². The van der Waals surface area contributed by atoms with Crippen LogP contribution in [0.5, 0.6) is 5.75 Å². The van der Waals surface area contributed by atoms with Crippen LogP contribution in [-0.2, 0) is 20.9 Å². The van der Waals surface area contributed by atoms with E-state index in [4.69, 9.17) is 9.47 Å². The van der Waals surface area contributed by atoms with Gasteiger partial charge in [0.1, 0.15) is 17.9 Å². The lowest BCUT2D eigenvalue weighted by molar-refractivity contribution is -0.121. The Kier molecular flexibility index (Phi) is 9.72. The van der Waals surface area contributed by atoms with E-state index in [2.05, 4.69) is 16.0 Å². The van der Waals surface area contributed by atoms with Crippen LogP contribution in [0.1, 0.15) is 44.7 Å². The fraction of sp³-hybridized carbons (Fsp3) is 0.400. The highest BCUT2D eigenvalue weighted by Gasteiger charge is 2.16. The fourth-order valence-electron chi connectivity index (χ4n) is 2.85. The maximum atomic E-state index is 12.1. The molecule has 2 aromatic carbocycles. The number of benzene rings is 2. The van der Waals surface area contributed by atoms with Crippen molar-refractivity contribution in [2.24, 2.45) is 0 Å². The molecule has 0 bridgehead atoms. The Bertz CT molecular complexity index is 953. The maximum absolute atomic E-state index is 12.1. The van der Waals surface area contributed by atoms with Crippen molar-refractivity contribution in [1.29, 1.82) is 0 Å². The molecule has 0 fully saturated rings. The van der Waals surface area contributed by atoms with Gasteiger partial charge < -0.3 is 25.4 Å². The number of alkyl carbamates (subject to hydrolysis) is 1. The molecule has 3 amide bonds. The number of hydrogen-bond donors (Lipinski definition) is 3. The first-order valence-electron chi connectivity index (χ1n) is 10.9. The van der Waals surface area contributed by atoms with E-state index in [1.807, 2.05) is 37.3 Å². The summed E-state index contributed by atoms with van der Waals surface area (Å²) in [5.74, 6) is 0.383. The molecule has 0 saturated carbocycles. The Hall–Kier alpha value is -3.55. The second-order valence-corrected chi connectivity index (χ2v) is 8.60. The van der Waals surface area contributed by atoms with Crippen molar-refractivity contribution in [1.82, 2.24) is 10.6 Å². The van der Waals surface area contributed by atoms with E-state index in [-0.39, 0.29) is 18.4 Å². The highest BCUT2D eigenvalue weighted by molar-refractivity contribution is 5.93. The minimum Gasteiger partial charge on any atom is -0.493 e. The Morgan fingerprint density at radius 2 is 1.70 bits per heavy atom. The number of aryl methyl sites for hydroxylation is 1. The molecule has 0 heterocycles. The molecule has 2 aromatic rings. The van der Waals surface area contributed by atoms with Crippen molar-refractivity contribution >= 4 is 23.6 Å². The summed E-state index contributed by atoms with van der Waals surface area (Å²) in [5.41, 5.74) is 1.85. The number of rotatable bonds is 10. The lowest BCUT2D eigenvalue weighted by Crippen LogP contribution is -2.37. The summed E-state index contributed by atoms with van der Waals surface area (Å²) in [6, 6.07) is 14.9. The lowest BCUT2D eigenvalue weighted by atomic mass is 10.2. The van der Waals surface area contributed by atoms with Gasteiger partial charge in [-0.2, -0.15) is 0 Å². The number of carbonyl (C=O) groups is 3. The molecule has 178 valence electrons. The number of carbonyl (C=O) groups excluding carboxylic acids is 3. The Morgan fingerprint density at radius 1 is 0.939 bits per heavy atom. The first-order valence-corrected chi connectivity index (χ1v) is 10.9. The van der Waals surface area contributed by atoms with Gasteiger partial charge in [0.25, 0.3) is 0 Å². The average Bonchev–Trinajstić information content (AvgIpc) is 2.74. The summed E-state index contributed by atoms with van der Waals surface area (Å²) < 4.78 is 10.8. The van der Waals surface area contributed by atoms with Crippen molar-refractivity contribution < 1.29 is 23.9 Å². The quantitative estimate of drug-likeness (QED) is 0.471. The molecule has 8 heteroatoms. The number of amides is 3. The summed E-state index contributed by atoms with van der Waals surface area (Å²) in [4.78, 5) is 35.8. The smallest absolute Gasteiger partial charge is 0.408 e. The number of anilines is 1. The molecule has 33 heavy (non-hydrogen) atoms. The van der Waals surface area contributed by atoms with Crippen LogP contribution in [-0.4, -0.2) is 36.7 Å². The van der Waals surface area contributed by atoms with E-state index in [0.29, 0.717) is 31.7 Å². The monoisotopic (exact) mass is 455 g/mol. The van der Waals surface area contributed by atoms with Gasteiger partial charge in [-0.1, -0.05) is 30.3 Å². The minimum absolute atomic E-state index is 0.0700. The van der Waals surface area contributed by atoms with Gasteiger partial charge in [0.15, 0.2) is 0 Å². The topological polar surface area (TPSA) is 106 Å². The molecule has 2 rings (SSSR count). The number of hydrogen-bond acceptors (Lipinski definition) is 5. The van der Waals surface area contributed by atoms with Crippen LogP contribution in [0.4, 0.5) is 10.5 Å². The van der Waals surface area contributed by atoms with Crippen LogP contribution in [0.2, 0.25) is 0 Å². The Labute approximate surface area is 195 Å². The fourth-order valence-corrected chi connectivity index (χ4v) is 2.85. The van der Waals surface area contributed by atoms with Crippen LogP contribution >= 0.6 is 0 Å². The third-order valence-corrected chi connectivity index (χ3v) is 4.39.